The summed E-state index contributed by atoms with van der Waals surface area (Å²) in [5.74, 6) is -3.69. The van der Waals surface area contributed by atoms with E-state index in [-0.39, 0.29) is 24.9 Å². The first-order valence-electron chi connectivity index (χ1n) is 11.8. The monoisotopic (exact) mass is 501 g/mol. The number of aliphatic hydroxyl groups is 1. The molecule has 2 aliphatic rings. The van der Waals surface area contributed by atoms with E-state index < -0.39 is 66.2 Å². The Morgan fingerprint density at radius 1 is 1.23 bits per heavy atom. The van der Waals surface area contributed by atoms with Gasteiger partial charge in [0.15, 0.2) is 6.35 Å². The van der Waals surface area contributed by atoms with Crippen molar-refractivity contribution in [3.63, 3.8) is 0 Å². The molecule has 0 aromatic heterocycles. The third kappa shape index (κ3) is 7.28. The molecule has 0 bridgehead atoms. The molecule has 2 fully saturated rings. The topological polar surface area (TPSA) is 154 Å². The lowest BCUT2D eigenvalue weighted by atomic mass is 9.85. The average Bonchev–Trinajstić information content (AvgIpc) is 3.34. The lowest BCUT2D eigenvalue weighted by Crippen LogP contribution is -2.61. The number of carbonyl (C=O) groups is 4. The Hall–Kier alpha value is -2.44. The third-order valence-corrected chi connectivity index (χ3v) is 6.57. The molecule has 12 heteroatoms. The molecule has 1 heterocycles. The number of aliphatic hydroxyl groups excluding tert-OH is 1. The number of alkyl halides is 2. The summed E-state index contributed by atoms with van der Waals surface area (Å²) < 4.78 is 26.4. The number of nitrogens with one attached hydrogen (secondary N) is 3. The Kier molecular flexibility index (Phi) is 9.87. The lowest BCUT2D eigenvalue weighted by molar-refractivity contribution is -0.145. The number of rotatable bonds is 11. The van der Waals surface area contributed by atoms with E-state index in [1.807, 2.05) is 0 Å². The maximum atomic E-state index is 13.6. The van der Waals surface area contributed by atoms with Crippen molar-refractivity contribution in [1.82, 2.24) is 20.9 Å². The quantitative estimate of drug-likeness (QED) is 0.150. The van der Waals surface area contributed by atoms with E-state index in [0.29, 0.717) is 6.42 Å². The molecule has 6 atom stereocenters. The summed E-state index contributed by atoms with van der Waals surface area (Å²) >= 11 is 0. The minimum atomic E-state index is -2.95. The molecule has 1 unspecified atom stereocenters. The van der Waals surface area contributed by atoms with Gasteiger partial charge in [-0.25, -0.2) is 8.78 Å². The molecule has 1 saturated carbocycles. The van der Waals surface area contributed by atoms with E-state index in [1.165, 1.54) is 11.0 Å². The predicted octanol–water partition coefficient (Wildman–Crippen LogP) is -0.136. The standard InChI is InChI=1S/C23H37F2N5O5/c1-5-9-27-20(33)17(31)14(10-15(24)25)28-19(32)16-13-8-6-7-12(13)11-30(16)21(34)18(23(2,3)4)29-22(26)35/h5,12-16,18,22,29,35H,1,6-11,26H2,2-4H3,(H,27,33)(H,28,32)/t12-,13-,14-,16-,18+,22?/m0/s1. The minimum Gasteiger partial charge on any atom is -0.366 e. The van der Waals surface area contributed by atoms with Crippen LogP contribution in [0.2, 0.25) is 0 Å². The van der Waals surface area contributed by atoms with Crippen molar-refractivity contribution >= 4 is 23.5 Å². The van der Waals surface area contributed by atoms with Crippen LogP contribution < -0.4 is 21.7 Å². The van der Waals surface area contributed by atoms with Crippen molar-refractivity contribution in [3.8, 4) is 0 Å². The molecule has 1 aliphatic heterocycles. The molecular formula is C23H37F2N5O5. The van der Waals surface area contributed by atoms with Crippen molar-refractivity contribution in [2.45, 2.75) is 77.4 Å². The van der Waals surface area contributed by atoms with Crippen LogP contribution in [0, 0.1) is 17.3 Å². The number of hydrogen-bond acceptors (Lipinski definition) is 7. The second-order valence-electron chi connectivity index (χ2n) is 10.3. The zero-order valence-electron chi connectivity index (χ0n) is 20.4. The molecule has 0 aromatic rings. The summed E-state index contributed by atoms with van der Waals surface area (Å²) in [6, 6.07) is -3.67. The Morgan fingerprint density at radius 3 is 2.43 bits per heavy atom. The highest BCUT2D eigenvalue weighted by Gasteiger charge is 2.52. The molecule has 1 saturated heterocycles. The van der Waals surface area contributed by atoms with Crippen LogP contribution >= 0.6 is 0 Å². The number of nitrogens with zero attached hydrogens (tertiary/aromatic N) is 1. The number of carbonyl (C=O) groups excluding carboxylic acids is 4. The number of nitrogens with two attached hydrogens (primary N) is 1. The van der Waals surface area contributed by atoms with E-state index in [0.717, 1.165) is 12.8 Å². The van der Waals surface area contributed by atoms with Gasteiger partial charge in [-0.05, 0) is 30.1 Å². The van der Waals surface area contributed by atoms with Crippen LogP contribution in [0.5, 0.6) is 0 Å². The Balaban J connectivity index is 2.30. The number of amides is 3. The lowest BCUT2D eigenvalue weighted by Gasteiger charge is -2.37. The van der Waals surface area contributed by atoms with Crippen LogP contribution in [-0.2, 0) is 19.2 Å². The van der Waals surface area contributed by atoms with Gasteiger partial charge in [-0.3, -0.25) is 30.2 Å². The van der Waals surface area contributed by atoms with Gasteiger partial charge in [0, 0.05) is 19.5 Å². The van der Waals surface area contributed by atoms with Gasteiger partial charge in [0.1, 0.15) is 12.1 Å². The predicted molar refractivity (Wildman–Crippen MR) is 124 cm³/mol. The molecule has 1 aliphatic carbocycles. The highest BCUT2D eigenvalue weighted by atomic mass is 19.3. The van der Waals surface area contributed by atoms with E-state index in [2.05, 4.69) is 22.5 Å². The Bertz CT molecular complexity index is 817. The second-order valence-corrected chi connectivity index (χ2v) is 10.3. The molecule has 0 aromatic carbocycles. The molecule has 3 amide bonds. The fraction of sp³-hybridized carbons (Fsp3) is 0.739. The largest absolute Gasteiger partial charge is 0.366 e. The number of hydrogen-bond donors (Lipinski definition) is 5. The van der Waals surface area contributed by atoms with Crippen molar-refractivity contribution < 1.29 is 33.1 Å². The first-order chi connectivity index (χ1) is 16.3. The van der Waals surface area contributed by atoms with Gasteiger partial charge < -0.3 is 20.6 Å². The summed E-state index contributed by atoms with van der Waals surface area (Å²) in [5.41, 5.74) is 4.79. The molecule has 198 valence electrons. The molecular weight excluding hydrogens is 464 g/mol. The van der Waals surface area contributed by atoms with Gasteiger partial charge in [-0.15, -0.1) is 6.58 Å². The fourth-order valence-corrected chi connectivity index (χ4v) is 4.97. The van der Waals surface area contributed by atoms with Crippen LogP contribution in [0.15, 0.2) is 12.7 Å². The van der Waals surface area contributed by atoms with Crippen LogP contribution in [0.3, 0.4) is 0 Å². The number of ketones is 1. The SMILES string of the molecule is C=CCNC(=O)C(=O)[C@H](CC(F)F)NC(=O)[C@@H]1[C@H]2CCC[C@H]2CN1C(=O)[C@@H](NC(N)O)C(C)(C)C. The highest BCUT2D eigenvalue weighted by Crippen LogP contribution is 2.43. The van der Waals surface area contributed by atoms with Crippen LogP contribution in [-0.4, -0.2) is 77.5 Å². The summed E-state index contributed by atoms with van der Waals surface area (Å²) in [6.07, 6.45) is -1.82. The summed E-state index contributed by atoms with van der Waals surface area (Å²) in [6.45, 7) is 8.97. The summed E-state index contributed by atoms with van der Waals surface area (Å²) in [4.78, 5) is 52.9. The van der Waals surface area contributed by atoms with Gasteiger partial charge in [-0.2, -0.15) is 0 Å². The first-order valence-corrected chi connectivity index (χ1v) is 11.8. The molecule has 0 spiro atoms. The molecule has 0 radical (unpaired) electrons. The maximum absolute atomic E-state index is 13.6. The molecule has 10 nitrogen and oxygen atoms in total. The second kappa shape index (κ2) is 12.0. The fourth-order valence-electron chi connectivity index (χ4n) is 4.97. The Morgan fingerprint density at radius 2 is 1.89 bits per heavy atom. The number of likely N-dealkylation sites (tertiary alicyclic amines) is 1. The van der Waals surface area contributed by atoms with E-state index >= 15 is 0 Å². The first kappa shape index (κ1) is 28.8. The van der Waals surface area contributed by atoms with Gasteiger partial charge >= 0.3 is 0 Å². The molecule has 2 rings (SSSR count). The summed E-state index contributed by atoms with van der Waals surface area (Å²) in [7, 11) is 0. The van der Waals surface area contributed by atoms with Crippen molar-refractivity contribution in [1.29, 1.82) is 0 Å². The number of Topliss-reactive ketones (excluding diaryl/α,β-unsaturated/α-hetero) is 1. The van der Waals surface area contributed by atoms with Crippen molar-refractivity contribution in [2.24, 2.45) is 23.0 Å². The van der Waals surface area contributed by atoms with Gasteiger partial charge in [0.2, 0.25) is 24.0 Å². The number of fused-ring (bicyclic) bond motifs is 1. The molecule has 35 heavy (non-hydrogen) atoms. The van der Waals surface area contributed by atoms with Gasteiger partial charge in [0.25, 0.3) is 5.91 Å². The zero-order chi connectivity index (χ0) is 26.5. The molecule has 6 N–H and O–H groups in total. The minimum absolute atomic E-state index is 0.0389. The number of halogens is 2. The van der Waals surface area contributed by atoms with Crippen LogP contribution in [0.1, 0.15) is 46.5 Å². The van der Waals surface area contributed by atoms with E-state index in [4.69, 9.17) is 5.73 Å². The van der Waals surface area contributed by atoms with Crippen molar-refractivity contribution in [2.75, 3.05) is 13.1 Å². The van der Waals surface area contributed by atoms with E-state index in [1.54, 1.807) is 20.8 Å². The average molecular weight is 502 g/mol. The maximum Gasteiger partial charge on any atom is 0.289 e. The normalized spacial score (nSPS) is 24.5. The summed E-state index contributed by atoms with van der Waals surface area (Å²) in [5, 5.41) is 16.8. The smallest absolute Gasteiger partial charge is 0.289 e. The van der Waals surface area contributed by atoms with Crippen molar-refractivity contribution in [3.05, 3.63) is 12.7 Å². The zero-order valence-corrected chi connectivity index (χ0v) is 20.4. The third-order valence-electron chi connectivity index (χ3n) is 6.57. The van der Waals surface area contributed by atoms with Crippen LogP contribution in [0.4, 0.5) is 8.78 Å². The Labute approximate surface area is 204 Å². The van der Waals surface area contributed by atoms with Gasteiger partial charge in [0.05, 0.1) is 6.04 Å². The van der Waals surface area contributed by atoms with Gasteiger partial charge in [-0.1, -0.05) is 33.3 Å². The van der Waals surface area contributed by atoms with Crippen LogP contribution in [0.25, 0.3) is 0 Å². The highest BCUT2D eigenvalue weighted by molar-refractivity contribution is 6.38. The van der Waals surface area contributed by atoms with E-state index in [9.17, 15) is 33.1 Å².